The minimum atomic E-state index is -0.439. The van der Waals surface area contributed by atoms with E-state index < -0.39 is 6.61 Å². The predicted octanol–water partition coefficient (Wildman–Crippen LogP) is 1.26. The Hall–Kier alpha value is -1.10. The second-order valence-corrected chi connectivity index (χ2v) is 7.23. The summed E-state index contributed by atoms with van der Waals surface area (Å²) >= 11 is 0. The number of hydrogen-bond acceptors (Lipinski definition) is 3. The lowest BCUT2D eigenvalue weighted by Gasteiger charge is -2.37. The highest BCUT2D eigenvalue weighted by Gasteiger charge is 2.30. The minimum Gasteiger partial charge on any atom is -0.387 e. The molecule has 5 heteroatoms. The van der Waals surface area contributed by atoms with E-state index in [2.05, 4.69) is 13.8 Å². The zero-order valence-electron chi connectivity index (χ0n) is 13.3. The average molecular weight is 296 g/mol. The summed E-state index contributed by atoms with van der Waals surface area (Å²) in [5, 5.41) is 8.85. The minimum absolute atomic E-state index is 0.232. The van der Waals surface area contributed by atoms with Gasteiger partial charge in [0.05, 0.1) is 0 Å². The quantitative estimate of drug-likeness (QED) is 0.853. The van der Waals surface area contributed by atoms with Crippen LogP contribution in [-0.4, -0.2) is 59.5 Å². The van der Waals surface area contributed by atoms with E-state index in [-0.39, 0.29) is 11.8 Å². The van der Waals surface area contributed by atoms with Crippen LogP contribution in [0.3, 0.4) is 0 Å². The Morgan fingerprint density at radius 3 is 1.95 bits per heavy atom. The molecule has 1 aliphatic carbocycles. The van der Waals surface area contributed by atoms with Crippen molar-refractivity contribution in [3.05, 3.63) is 0 Å². The molecule has 1 heterocycles. The highest BCUT2D eigenvalue weighted by molar-refractivity contribution is 5.79. The fourth-order valence-corrected chi connectivity index (χ4v) is 3.34. The molecule has 21 heavy (non-hydrogen) atoms. The Morgan fingerprint density at radius 1 is 1.00 bits per heavy atom. The molecule has 1 saturated carbocycles. The lowest BCUT2D eigenvalue weighted by atomic mass is 9.72. The van der Waals surface area contributed by atoms with E-state index in [1.165, 1.54) is 12.8 Å². The van der Waals surface area contributed by atoms with Crippen molar-refractivity contribution in [2.45, 2.75) is 46.0 Å². The van der Waals surface area contributed by atoms with Crippen LogP contribution < -0.4 is 0 Å². The van der Waals surface area contributed by atoms with Crippen LogP contribution in [0, 0.1) is 11.3 Å². The molecule has 1 saturated heterocycles. The van der Waals surface area contributed by atoms with Crippen molar-refractivity contribution in [1.29, 1.82) is 0 Å². The van der Waals surface area contributed by atoms with Crippen molar-refractivity contribution in [3.63, 3.8) is 0 Å². The fourth-order valence-electron chi connectivity index (χ4n) is 3.34. The normalized spacial score (nSPS) is 23.2. The van der Waals surface area contributed by atoms with Gasteiger partial charge in [-0.2, -0.15) is 0 Å². The van der Waals surface area contributed by atoms with E-state index in [9.17, 15) is 9.59 Å². The number of amides is 2. The van der Waals surface area contributed by atoms with E-state index >= 15 is 0 Å². The van der Waals surface area contributed by atoms with Gasteiger partial charge < -0.3 is 14.9 Å². The molecule has 0 aromatic rings. The van der Waals surface area contributed by atoms with Gasteiger partial charge in [-0.15, -0.1) is 0 Å². The van der Waals surface area contributed by atoms with Crippen LogP contribution >= 0.6 is 0 Å². The second kappa shape index (κ2) is 6.77. The number of nitrogens with zero attached hydrogens (tertiary/aromatic N) is 2. The van der Waals surface area contributed by atoms with Crippen molar-refractivity contribution >= 4 is 11.8 Å². The number of aliphatic hydroxyl groups is 1. The van der Waals surface area contributed by atoms with Crippen molar-refractivity contribution in [2.75, 3.05) is 32.8 Å². The summed E-state index contributed by atoms with van der Waals surface area (Å²) in [6.45, 7) is 6.47. The van der Waals surface area contributed by atoms with Gasteiger partial charge in [-0.3, -0.25) is 9.59 Å². The van der Waals surface area contributed by atoms with Gasteiger partial charge in [-0.1, -0.05) is 13.8 Å². The van der Waals surface area contributed by atoms with Crippen molar-refractivity contribution in [2.24, 2.45) is 11.3 Å². The smallest absolute Gasteiger partial charge is 0.248 e. The summed E-state index contributed by atoms with van der Waals surface area (Å²) in [6.07, 6.45) is 5.39. The van der Waals surface area contributed by atoms with Crippen molar-refractivity contribution in [1.82, 2.24) is 9.80 Å². The van der Waals surface area contributed by atoms with E-state index in [1.807, 2.05) is 4.90 Å². The maximum absolute atomic E-state index is 12.3. The molecule has 0 unspecified atom stereocenters. The Morgan fingerprint density at radius 2 is 1.48 bits per heavy atom. The van der Waals surface area contributed by atoms with Crippen molar-refractivity contribution < 1.29 is 14.7 Å². The first-order chi connectivity index (χ1) is 9.91. The summed E-state index contributed by atoms with van der Waals surface area (Å²) in [6, 6.07) is 0. The second-order valence-electron chi connectivity index (χ2n) is 7.23. The van der Waals surface area contributed by atoms with Crippen LogP contribution in [0.25, 0.3) is 0 Å². The van der Waals surface area contributed by atoms with Crippen molar-refractivity contribution in [3.8, 4) is 0 Å². The Labute approximate surface area is 127 Å². The molecule has 1 aliphatic heterocycles. The van der Waals surface area contributed by atoms with Crippen LogP contribution in [0.5, 0.6) is 0 Å². The summed E-state index contributed by atoms with van der Waals surface area (Å²) < 4.78 is 0. The molecular formula is C16H28N2O3. The number of piperazine rings is 1. The van der Waals surface area contributed by atoms with Gasteiger partial charge in [0.25, 0.3) is 0 Å². The Balaban J connectivity index is 1.74. The summed E-state index contributed by atoms with van der Waals surface area (Å²) in [4.78, 5) is 27.2. The van der Waals surface area contributed by atoms with Crippen LogP contribution in [0.4, 0.5) is 0 Å². The molecule has 0 atom stereocenters. The van der Waals surface area contributed by atoms with E-state index in [0.29, 0.717) is 43.9 Å². The molecule has 0 spiro atoms. The van der Waals surface area contributed by atoms with Gasteiger partial charge in [-0.05, 0) is 37.0 Å². The Bertz CT molecular complexity index is 377. The first kappa shape index (κ1) is 16.3. The SMILES string of the molecule is CC1(C)CCC(CC(=O)N2CCN(C(=O)CO)CC2)CC1. The van der Waals surface area contributed by atoms with Crippen LogP contribution in [0.15, 0.2) is 0 Å². The Kier molecular flexibility index (Phi) is 5.25. The molecule has 2 fully saturated rings. The topological polar surface area (TPSA) is 60.9 Å². The first-order valence-corrected chi connectivity index (χ1v) is 8.08. The standard InChI is InChI=1S/C16H28N2O3/c1-16(2)5-3-13(4-6-16)11-14(20)17-7-9-18(10-8-17)15(21)12-19/h13,19H,3-12H2,1-2H3. The highest BCUT2D eigenvalue weighted by Crippen LogP contribution is 2.39. The van der Waals surface area contributed by atoms with Gasteiger partial charge >= 0.3 is 0 Å². The molecule has 1 N–H and O–H groups in total. The van der Waals surface area contributed by atoms with Gasteiger partial charge in [0.1, 0.15) is 6.61 Å². The molecule has 0 radical (unpaired) electrons. The summed E-state index contributed by atoms with van der Waals surface area (Å²) in [5.41, 5.74) is 0.440. The third-order valence-corrected chi connectivity index (χ3v) is 5.04. The summed E-state index contributed by atoms with van der Waals surface area (Å²) in [5.74, 6) is 0.523. The van der Waals surface area contributed by atoms with E-state index in [1.54, 1.807) is 4.90 Å². The zero-order chi connectivity index (χ0) is 15.5. The van der Waals surface area contributed by atoms with Crippen LogP contribution in [0.1, 0.15) is 46.0 Å². The predicted molar refractivity (Wildman–Crippen MR) is 80.6 cm³/mol. The molecule has 2 amide bonds. The molecule has 5 nitrogen and oxygen atoms in total. The molecule has 0 aromatic carbocycles. The third-order valence-electron chi connectivity index (χ3n) is 5.04. The first-order valence-electron chi connectivity index (χ1n) is 8.08. The molecule has 120 valence electrons. The number of carbonyl (C=O) groups excluding carboxylic acids is 2. The van der Waals surface area contributed by atoms with Gasteiger partial charge in [0.15, 0.2) is 0 Å². The number of rotatable bonds is 3. The average Bonchev–Trinajstić information content (AvgIpc) is 2.48. The number of hydrogen-bond donors (Lipinski definition) is 1. The third kappa shape index (κ3) is 4.43. The van der Waals surface area contributed by atoms with E-state index in [0.717, 1.165) is 12.8 Å². The maximum Gasteiger partial charge on any atom is 0.248 e. The number of carbonyl (C=O) groups is 2. The maximum atomic E-state index is 12.3. The monoisotopic (exact) mass is 296 g/mol. The summed E-state index contributed by atoms with van der Waals surface area (Å²) in [7, 11) is 0. The lowest BCUT2D eigenvalue weighted by Crippen LogP contribution is -2.51. The van der Waals surface area contributed by atoms with E-state index in [4.69, 9.17) is 5.11 Å². The van der Waals surface area contributed by atoms with Crippen LogP contribution in [0.2, 0.25) is 0 Å². The fraction of sp³-hybridized carbons (Fsp3) is 0.875. The molecular weight excluding hydrogens is 268 g/mol. The lowest BCUT2D eigenvalue weighted by molar-refractivity contribution is -0.141. The molecule has 0 aromatic heterocycles. The molecule has 0 bridgehead atoms. The van der Waals surface area contributed by atoms with Gasteiger partial charge in [0, 0.05) is 32.6 Å². The molecule has 2 rings (SSSR count). The van der Waals surface area contributed by atoms with Gasteiger partial charge in [0.2, 0.25) is 11.8 Å². The number of aliphatic hydroxyl groups excluding tert-OH is 1. The highest BCUT2D eigenvalue weighted by atomic mass is 16.3. The largest absolute Gasteiger partial charge is 0.387 e. The van der Waals surface area contributed by atoms with Crippen LogP contribution in [-0.2, 0) is 9.59 Å². The molecule has 2 aliphatic rings. The van der Waals surface area contributed by atoms with Gasteiger partial charge in [-0.25, -0.2) is 0 Å². The zero-order valence-corrected chi connectivity index (χ0v) is 13.3.